The van der Waals surface area contributed by atoms with Crippen LogP contribution in [0.25, 0.3) is 10.2 Å². The number of alkyl halides is 2. The van der Waals surface area contributed by atoms with Crippen molar-refractivity contribution in [2.75, 3.05) is 30.8 Å². The number of nitrogens with two attached hydrogens (primary N) is 1. The van der Waals surface area contributed by atoms with Crippen LogP contribution in [0.3, 0.4) is 0 Å². The number of nitrogens with one attached hydrogen (secondary N) is 1. The van der Waals surface area contributed by atoms with Crippen LogP contribution in [-0.4, -0.2) is 31.2 Å². The molecule has 0 saturated heterocycles. The van der Waals surface area contributed by atoms with E-state index in [0.29, 0.717) is 12.2 Å². The summed E-state index contributed by atoms with van der Waals surface area (Å²) < 4.78 is 29.5. The van der Waals surface area contributed by atoms with E-state index in [1.54, 1.807) is 11.3 Å². The Hall–Kier alpha value is -1.47. The topological polar surface area (TPSA) is 60.2 Å². The number of hydrogen-bond acceptors (Lipinski definition) is 5. The molecule has 0 spiro atoms. The van der Waals surface area contributed by atoms with E-state index in [1.165, 1.54) is 0 Å². The highest BCUT2D eigenvalue weighted by Crippen LogP contribution is 2.29. The van der Waals surface area contributed by atoms with Crippen LogP contribution in [0.5, 0.6) is 0 Å². The number of anilines is 2. The summed E-state index contributed by atoms with van der Waals surface area (Å²) in [5.74, 6) is 0. The number of nitrogen functional groups attached to an aromatic ring is 1. The summed E-state index contributed by atoms with van der Waals surface area (Å²) in [5, 5.41) is 4.04. The summed E-state index contributed by atoms with van der Waals surface area (Å²) in [6.45, 7) is 2.02. The lowest BCUT2D eigenvalue weighted by molar-refractivity contribution is 0.0215. The molecule has 0 saturated carbocycles. The number of ether oxygens (including phenoxy) is 1. The minimum atomic E-state index is -2.43. The first-order valence-corrected chi connectivity index (χ1v) is 6.64. The van der Waals surface area contributed by atoms with Gasteiger partial charge in [0, 0.05) is 6.54 Å². The summed E-state index contributed by atoms with van der Waals surface area (Å²) in [5.41, 5.74) is 8.16. The Kier molecular flexibility index (Phi) is 4.49. The van der Waals surface area contributed by atoms with Crippen molar-refractivity contribution < 1.29 is 13.5 Å². The van der Waals surface area contributed by atoms with Gasteiger partial charge in [0.2, 0.25) is 0 Å². The van der Waals surface area contributed by atoms with Gasteiger partial charge in [0.25, 0.3) is 6.43 Å². The van der Waals surface area contributed by atoms with Crippen molar-refractivity contribution in [3.05, 3.63) is 17.1 Å². The van der Waals surface area contributed by atoms with Crippen LogP contribution in [0.4, 0.5) is 20.2 Å². The lowest BCUT2D eigenvalue weighted by Gasteiger charge is -2.09. The maximum atomic E-state index is 11.9. The molecule has 0 atom stereocenters. The van der Waals surface area contributed by atoms with Gasteiger partial charge in [-0.3, -0.25) is 0 Å². The summed E-state index contributed by atoms with van der Waals surface area (Å²) in [6.07, 6.45) is -2.43. The first-order valence-electron chi connectivity index (χ1n) is 5.82. The van der Waals surface area contributed by atoms with Gasteiger partial charge in [-0.2, -0.15) is 0 Å². The molecule has 0 aliphatic heterocycles. The lowest BCUT2D eigenvalue weighted by Crippen LogP contribution is -2.13. The number of thiazole rings is 1. The van der Waals surface area contributed by atoms with Gasteiger partial charge >= 0.3 is 0 Å². The van der Waals surface area contributed by atoms with Crippen molar-refractivity contribution in [3.63, 3.8) is 0 Å². The molecule has 0 bridgehead atoms. The third-order valence-corrected chi connectivity index (χ3v) is 3.41. The van der Waals surface area contributed by atoms with Crippen molar-refractivity contribution in [1.82, 2.24) is 4.98 Å². The number of halogens is 2. The van der Waals surface area contributed by atoms with Crippen LogP contribution in [0, 0.1) is 6.92 Å². The molecule has 0 radical (unpaired) electrons. The Balaban J connectivity index is 1.94. The van der Waals surface area contributed by atoms with Crippen LogP contribution >= 0.6 is 11.3 Å². The first-order chi connectivity index (χ1) is 9.06. The largest absolute Gasteiger partial charge is 0.397 e. The average Bonchev–Trinajstić information content (AvgIpc) is 2.67. The second-order valence-electron chi connectivity index (χ2n) is 4.03. The molecule has 1 aromatic carbocycles. The van der Waals surface area contributed by atoms with Gasteiger partial charge < -0.3 is 15.8 Å². The molecule has 1 aromatic heterocycles. The Morgan fingerprint density at radius 2 is 2.26 bits per heavy atom. The van der Waals surface area contributed by atoms with Gasteiger partial charge in [0.15, 0.2) is 0 Å². The third-order valence-electron chi connectivity index (χ3n) is 2.47. The highest BCUT2D eigenvalue weighted by molar-refractivity contribution is 7.18. The van der Waals surface area contributed by atoms with Crippen molar-refractivity contribution in [2.45, 2.75) is 13.3 Å². The van der Waals surface area contributed by atoms with E-state index in [0.717, 1.165) is 20.9 Å². The molecule has 2 rings (SSSR count). The number of aromatic nitrogens is 1. The number of nitrogens with zero attached hydrogens (tertiary/aromatic N) is 1. The summed E-state index contributed by atoms with van der Waals surface area (Å²) in [4.78, 5) is 4.38. The highest BCUT2D eigenvalue weighted by atomic mass is 32.1. The van der Waals surface area contributed by atoms with Gasteiger partial charge in [-0.05, 0) is 19.1 Å². The Labute approximate surface area is 113 Å². The second kappa shape index (κ2) is 6.12. The smallest absolute Gasteiger partial charge is 0.261 e. The second-order valence-corrected chi connectivity index (χ2v) is 5.27. The van der Waals surface area contributed by atoms with Gasteiger partial charge in [0.05, 0.1) is 33.2 Å². The van der Waals surface area contributed by atoms with Gasteiger partial charge in [0.1, 0.15) is 6.61 Å². The number of rotatable bonds is 6. The van der Waals surface area contributed by atoms with Crippen LogP contribution in [0.2, 0.25) is 0 Å². The first kappa shape index (κ1) is 14.0. The number of fused-ring (bicyclic) bond motifs is 1. The molecular weight excluding hydrogens is 272 g/mol. The highest BCUT2D eigenvalue weighted by Gasteiger charge is 2.06. The third kappa shape index (κ3) is 3.74. The minimum Gasteiger partial charge on any atom is -0.397 e. The van der Waals surface area contributed by atoms with E-state index in [2.05, 4.69) is 10.3 Å². The molecule has 3 N–H and O–H groups in total. The summed E-state index contributed by atoms with van der Waals surface area (Å²) in [6, 6.07) is 3.73. The molecule has 0 amide bonds. The fourth-order valence-electron chi connectivity index (χ4n) is 1.69. The zero-order valence-electron chi connectivity index (χ0n) is 10.5. The molecule has 4 nitrogen and oxygen atoms in total. The van der Waals surface area contributed by atoms with Gasteiger partial charge in [-0.25, -0.2) is 13.8 Å². The molecule has 2 aromatic rings. The predicted molar refractivity (Wildman–Crippen MR) is 74.1 cm³/mol. The van der Waals surface area contributed by atoms with Gasteiger partial charge in [-0.15, -0.1) is 11.3 Å². The van der Waals surface area contributed by atoms with Crippen molar-refractivity contribution in [3.8, 4) is 0 Å². The number of hydrogen-bond donors (Lipinski definition) is 2. The zero-order valence-corrected chi connectivity index (χ0v) is 11.3. The van der Waals surface area contributed by atoms with E-state index < -0.39 is 13.0 Å². The normalized spacial score (nSPS) is 11.4. The predicted octanol–water partition coefficient (Wildman–Crippen LogP) is 2.88. The molecule has 0 unspecified atom stereocenters. The maximum absolute atomic E-state index is 11.9. The molecule has 0 aliphatic carbocycles. The molecule has 104 valence electrons. The maximum Gasteiger partial charge on any atom is 0.261 e. The van der Waals surface area contributed by atoms with Crippen LogP contribution in [0.15, 0.2) is 12.1 Å². The summed E-state index contributed by atoms with van der Waals surface area (Å²) >= 11 is 1.58. The van der Waals surface area contributed by atoms with E-state index in [9.17, 15) is 8.78 Å². The Morgan fingerprint density at radius 3 is 3.00 bits per heavy atom. The quantitative estimate of drug-likeness (QED) is 0.633. The Morgan fingerprint density at radius 1 is 1.47 bits per heavy atom. The van der Waals surface area contributed by atoms with Crippen LogP contribution in [-0.2, 0) is 4.74 Å². The monoisotopic (exact) mass is 287 g/mol. The number of benzene rings is 1. The zero-order chi connectivity index (χ0) is 13.8. The summed E-state index contributed by atoms with van der Waals surface area (Å²) in [7, 11) is 0. The van der Waals surface area contributed by atoms with E-state index in [4.69, 9.17) is 10.5 Å². The fourth-order valence-corrected chi connectivity index (χ4v) is 2.55. The van der Waals surface area contributed by atoms with Crippen molar-refractivity contribution in [2.24, 2.45) is 0 Å². The van der Waals surface area contributed by atoms with E-state index in [1.807, 2.05) is 19.1 Å². The fraction of sp³-hybridized carbons (Fsp3) is 0.417. The molecular formula is C12H15F2N3OS. The van der Waals surface area contributed by atoms with E-state index in [-0.39, 0.29) is 6.61 Å². The molecule has 7 heteroatoms. The standard InChI is InChI=1S/C12H15F2N3OS/c1-7-17-10-5-9(8(15)4-11(10)19-7)16-2-3-18-6-12(13)14/h4-5,12,16H,2-3,6,15H2,1H3. The lowest BCUT2D eigenvalue weighted by atomic mass is 10.2. The van der Waals surface area contributed by atoms with Gasteiger partial charge in [-0.1, -0.05) is 0 Å². The van der Waals surface area contributed by atoms with Crippen molar-refractivity contribution in [1.29, 1.82) is 0 Å². The number of aryl methyl sites for hydroxylation is 1. The van der Waals surface area contributed by atoms with E-state index >= 15 is 0 Å². The SMILES string of the molecule is Cc1nc2cc(NCCOCC(F)F)c(N)cc2s1. The Bertz CT molecular complexity index is 559. The van der Waals surface area contributed by atoms with Crippen molar-refractivity contribution >= 4 is 32.9 Å². The minimum absolute atomic E-state index is 0.206. The van der Waals surface area contributed by atoms with Crippen LogP contribution < -0.4 is 11.1 Å². The average molecular weight is 287 g/mol. The van der Waals surface area contributed by atoms with Crippen LogP contribution in [0.1, 0.15) is 5.01 Å². The molecule has 0 aliphatic rings. The molecule has 0 fully saturated rings. The molecule has 19 heavy (non-hydrogen) atoms. The molecule has 1 heterocycles.